The molecule has 2 aromatic rings. The molecule has 0 radical (unpaired) electrons. The lowest BCUT2D eigenvalue weighted by Crippen LogP contribution is -2.15. The molecule has 1 aromatic carbocycles. The number of carbonyl (C=O) groups is 1. The van der Waals surface area contributed by atoms with Gasteiger partial charge in [0.2, 0.25) is 11.9 Å². The summed E-state index contributed by atoms with van der Waals surface area (Å²) in [5.41, 5.74) is 1.24. The summed E-state index contributed by atoms with van der Waals surface area (Å²) in [6, 6.07) is 7.76. The molecule has 176 valence electrons. The fraction of sp³-hybridized carbons (Fsp3) is 0.542. The highest BCUT2D eigenvalue weighted by molar-refractivity contribution is 7.92. The molecule has 2 N–H and O–H groups in total. The molecule has 0 bridgehead atoms. The van der Waals surface area contributed by atoms with E-state index in [1.54, 1.807) is 25.1 Å². The van der Waals surface area contributed by atoms with Crippen molar-refractivity contribution in [1.82, 2.24) is 9.97 Å². The Morgan fingerprint density at radius 1 is 0.875 bits per heavy atom. The zero-order chi connectivity index (χ0) is 23.2. The van der Waals surface area contributed by atoms with E-state index in [0.717, 1.165) is 12.8 Å². The van der Waals surface area contributed by atoms with Crippen LogP contribution in [0.3, 0.4) is 0 Å². The van der Waals surface area contributed by atoms with Crippen molar-refractivity contribution >= 4 is 27.6 Å². The molecule has 32 heavy (non-hydrogen) atoms. The van der Waals surface area contributed by atoms with Crippen LogP contribution in [0.1, 0.15) is 83.2 Å². The molecular weight excluding hydrogens is 424 g/mol. The van der Waals surface area contributed by atoms with Crippen LogP contribution in [0.2, 0.25) is 0 Å². The molecule has 0 aliphatic heterocycles. The minimum Gasteiger partial charge on any atom is -0.326 e. The number of hydrogen-bond acceptors (Lipinski definition) is 5. The lowest BCUT2D eigenvalue weighted by molar-refractivity contribution is -0.116. The second kappa shape index (κ2) is 13.8. The highest BCUT2D eigenvalue weighted by Crippen LogP contribution is 2.17. The van der Waals surface area contributed by atoms with Gasteiger partial charge in [-0.1, -0.05) is 64.7 Å². The first-order chi connectivity index (χ1) is 15.4. The Hall–Kier alpha value is -2.48. The van der Waals surface area contributed by atoms with Crippen LogP contribution in [0.15, 0.2) is 41.4 Å². The lowest BCUT2D eigenvalue weighted by Gasteiger charge is -2.09. The van der Waals surface area contributed by atoms with Gasteiger partial charge in [-0.15, -0.1) is 0 Å². The summed E-state index contributed by atoms with van der Waals surface area (Å²) in [5, 5.41) is 2.83. The third kappa shape index (κ3) is 9.77. The first-order valence-electron chi connectivity index (χ1n) is 11.6. The number of nitrogens with one attached hydrogen (secondary N) is 2. The molecule has 0 spiro atoms. The van der Waals surface area contributed by atoms with Crippen molar-refractivity contribution in [1.29, 1.82) is 0 Å². The van der Waals surface area contributed by atoms with Gasteiger partial charge in [-0.3, -0.25) is 4.79 Å². The van der Waals surface area contributed by atoms with Crippen molar-refractivity contribution in [2.45, 2.75) is 89.4 Å². The molecular formula is C24H36N4O3S. The summed E-state index contributed by atoms with van der Waals surface area (Å²) in [6.07, 6.45) is 14.2. The standard InChI is InChI=1S/C24H36N4O3S/c1-3-4-5-6-7-8-9-10-11-12-13-23(29)27-21-14-16-22(17-15-21)32(30,31)28-24-25-19-18-20(2)26-24/h14-19H,3-13H2,1-2H3,(H,27,29)(H,25,26,28). The number of aromatic nitrogens is 2. The molecule has 0 saturated heterocycles. The van der Waals surface area contributed by atoms with Gasteiger partial charge in [0.25, 0.3) is 10.0 Å². The van der Waals surface area contributed by atoms with Gasteiger partial charge in [0.1, 0.15) is 0 Å². The SMILES string of the molecule is CCCCCCCCCCCCC(=O)Nc1ccc(S(=O)(=O)Nc2nccc(C)n2)cc1. The Morgan fingerprint density at radius 2 is 1.47 bits per heavy atom. The highest BCUT2D eigenvalue weighted by Gasteiger charge is 2.16. The normalized spacial score (nSPS) is 11.3. The molecule has 0 saturated carbocycles. The smallest absolute Gasteiger partial charge is 0.264 e. The quantitative estimate of drug-likeness (QED) is 0.325. The fourth-order valence-corrected chi connectivity index (χ4v) is 4.34. The van der Waals surface area contributed by atoms with Crippen LogP contribution in [-0.4, -0.2) is 24.3 Å². The molecule has 2 rings (SSSR count). The summed E-state index contributed by atoms with van der Waals surface area (Å²) >= 11 is 0. The van der Waals surface area contributed by atoms with E-state index in [4.69, 9.17) is 0 Å². The van der Waals surface area contributed by atoms with Crippen LogP contribution in [-0.2, 0) is 14.8 Å². The Labute approximate surface area is 192 Å². The predicted molar refractivity (Wildman–Crippen MR) is 129 cm³/mol. The number of carbonyl (C=O) groups excluding carboxylic acids is 1. The molecule has 0 unspecified atom stereocenters. The first-order valence-corrected chi connectivity index (χ1v) is 13.1. The Kier molecular flexibility index (Phi) is 11.1. The zero-order valence-corrected chi connectivity index (χ0v) is 20.1. The number of anilines is 2. The van der Waals surface area contributed by atoms with Crippen LogP contribution in [0.5, 0.6) is 0 Å². The molecule has 1 amide bonds. The number of aryl methyl sites for hydroxylation is 1. The van der Waals surface area contributed by atoms with E-state index in [0.29, 0.717) is 17.8 Å². The van der Waals surface area contributed by atoms with Crippen LogP contribution in [0.25, 0.3) is 0 Å². The Morgan fingerprint density at radius 3 is 2.06 bits per heavy atom. The minimum atomic E-state index is -3.80. The van der Waals surface area contributed by atoms with Gasteiger partial charge in [-0.25, -0.2) is 23.1 Å². The summed E-state index contributed by atoms with van der Waals surface area (Å²) < 4.78 is 27.3. The van der Waals surface area contributed by atoms with Gasteiger partial charge < -0.3 is 5.32 Å². The molecule has 1 aromatic heterocycles. The third-order valence-electron chi connectivity index (χ3n) is 5.23. The Balaban J connectivity index is 1.68. The van der Waals surface area contributed by atoms with E-state index in [1.165, 1.54) is 69.7 Å². The second-order valence-corrected chi connectivity index (χ2v) is 9.81. The molecule has 0 fully saturated rings. The number of amides is 1. The van der Waals surface area contributed by atoms with Crippen LogP contribution >= 0.6 is 0 Å². The fourth-order valence-electron chi connectivity index (χ4n) is 3.39. The van der Waals surface area contributed by atoms with Gasteiger partial charge in [0.05, 0.1) is 4.90 Å². The molecule has 8 heteroatoms. The van der Waals surface area contributed by atoms with E-state index in [1.807, 2.05) is 0 Å². The van der Waals surface area contributed by atoms with E-state index in [9.17, 15) is 13.2 Å². The molecule has 7 nitrogen and oxygen atoms in total. The third-order valence-corrected chi connectivity index (χ3v) is 6.57. The van der Waals surface area contributed by atoms with Gasteiger partial charge in [0.15, 0.2) is 0 Å². The summed E-state index contributed by atoms with van der Waals surface area (Å²) in [4.78, 5) is 20.2. The van der Waals surface area contributed by atoms with E-state index in [2.05, 4.69) is 26.9 Å². The monoisotopic (exact) mass is 460 g/mol. The van der Waals surface area contributed by atoms with Crippen molar-refractivity contribution in [3.05, 3.63) is 42.2 Å². The summed E-state index contributed by atoms with van der Waals surface area (Å²) in [7, 11) is -3.80. The van der Waals surface area contributed by atoms with E-state index in [-0.39, 0.29) is 16.8 Å². The van der Waals surface area contributed by atoms with Crippen LogP contribution < -0.4 is 10.0 Å². The number of hydrogen-bond donors (Lipinski definition) is 2. The molecule has 0 aliphatic rings. The van der Waals surface area contributed by atoms with Gasteiger partial charge in [-0.2, -0.15) is 0 Å². The number of rotatable bonds is 15. The van der Waals surface area contributed by atoms with Gasteiger partial charge in [-0.05, 0) is 43.7 Å². The van der Waals surface area contributed by atoms with Crippen molar-refractivity contribution in [3.8, 4) is 0 Å². The number of nitrogens with zero attached hydrogens (tertiary/aromatic N) is 2. The minimum absolute atomic E-state index is 0.0267. The van der Waals surface area contributed by atoms with Crippen molar-refractivity contribution in [2.75, 3.05) is 10.0 Å². The predicted octanol–water partition coefficient (Wildman–Crippen LogP) is 5.84. The van der Waals surface area contributed by atoms with Crippen molar-refractivity contribution < 1.29 is 13.2 Å². The van der Waals surface area contributed by atoms with Crippen LogP contribution in [0.4, 0.5) is 11.6 Å². The van der Waals surface area contributed by atoms with Gasteiger partial charge in [0, 0.05) is 24.0 Å². The number of benzene rings is 1. The molecule has 0 atom stereocenters. The topological polar surface area (TPSA) is 101 Å². The van der Waals surface area contributed by atoms with E-state index >= 15 is 0 Å². The van der Waals surface area contributed by atoms with Crippen molar-refractivity contribution in [3.63, 3.8) is 0 Å². The number of unbranched alkanes of at least 4 members (excludes halogenated alkanes) is 9. The maximum absolute atomic E-state index is 12.5. The van der Waals surface area contributed by atoms with Crippen molar-refractivity contribution in [2.24, 2.45) is 0 Å². The second-order valence-electron chi connectivity index (χ2n) is 8.13. The zero-order valence-electron chi connectivity index (χ0n) is 19.3. The lowest BCUT2D eigenvalue weighted by atomic mass is 10.1. The summed E-state index contributed by atoms with van der Waals surface area (Å²) in [5.74, 6) is -0.0228. The number of sulfonamides is 1. The van der Waals surface area contributed by atoms with Gasteiger partial charge >= 0.3 is 0 Å². The average molecular weight is 461 g/mol. The largest absolute Gasteiger partial charge is 0.326 e. The highest BCUT2D eigenvalue weighted by atomic mass is 32.2. The maximum Gasteiger partial charge on any atom is 0.264 e. The van der Waals surface area contributed by atoms with Crippen LogP contribution in [0, 0.1) is 6.92 Å². The maximum atomic E-state index is 12.5. The summed E-state index contributed by atoms with van der Waals surface area (Å²) in [6.45, 7) is 3.99. The molecule has 1 heterocycles. The average Bonchev–Trinajstić information content (AvgIpc) is 2.75. The first kappa shape index (κ1) is 25.8. The van der Waals surface area contributed by atoms with E-state index < -0.39 is 10.0 Å². The Bertz CT molecular complexity index is 931. The molecule has 0 aliphatic carbocycles.